The Balaban J connectivity index is 2.10. The Hall–Kier alpha value is -1.83. The minimum Gasteiger partial charge on any atom is -0.383 e. The standard InChI is InChI=1S/C8H10N6OS/c1-14-4-10-13-6(14)3-16-8-11-5(9)2-7(15)12-8/h2,4H,3H2,1H3,(H3,9,11,12,15). The summed E-state index contributed by atoms with van der Waals surface area (Å²) >= 11 is 1.35. The van der Waals surface area contributed by atoms with Gasteiger partial charge in [0.05, 0.1) is 5.75 Å². The first kappa shape index (κ1) is 10.7. The van der Waals surface area contributed by atoms with Gasteiger partial charge < -0.3 is 15.3 Å². The van der Waals surface area contributed by atoms with Gasteiger partial charge in [-0.3, -0.25) is 4.79 Å². The number of nitrogen functional groups attached to an aromatic ring is 1. The first-order chi connectivity index (χ1) is 7.65. The van der Waals surface area contributed by atoms with Gasteiger partial charge in [-0.1, -0.05) is 11.8 Å². The Kier molecular flexibility index (Phi) is 2.91. The molecular weight excluding hydrogens is 228 g/mol. The third kappa shape index (κ3) is 2.40. The third-order valence-corrected chi connectivity index (χ3v) is 2.75. The number of aromatic nitrogens is 5. The largest absolute Gasteiger partial charge is 0.383 e. The zero-order valence-corrected chi connectivity index (χ0v) is 9.36. The lowest BCUT2D eigenvalue weighted by Crippen LogP contribution is -2.09. The molecule has 0 amide bonds. The van der Waals surface area contributed by atoms with Crippen LogP contribution in [0.4, 0.5) is 5.82 Å². The number of nitrogens with two attached hydrogens (primary N) is 1. The molecule has 16 heavy (non-hydrogen) atoms. The molecule has 0 radical (unpaired) electrons. The number of aromatic amines is 1. The number of anilines is 1. The molecule has 2 heterocycles. The van der Waals surface area contributed by atoms with Gasteiger partial charge in [0.2, 0.25) is 0 Å². The molecule has 8 heteroatoms. The molecule has 84 valence electrons. The molecule has 3 N–H and O–H groups in total. The van der Waals surface area contributed by atoms with Crippen molar-refractivity contribution in [1.29, 1.82) is 0 Å². The molecule has 2 rings (SSSR count). The molecule has 0 saturated carbocycles. The first-order valence-corrected chi connectivity index (χ1v) is 5.46. The van der Waals surface area contributed by atoms with E-state index in [1.807, 2.05) is 7.05 Å². The van der Waals surface area contributed by atoms with Gasteiger partial charge in [0.1, 0.15) is 18.0 Å². The number of hydrogen-bond donors (Lipinski definition) is 2. The normalized spacial score (nSPS) is 10.6. The molecule has 0 aliphatic heterocycles. The Morgan fingerprint density at radius 1 is 1.62 bits per heavy atom. The van der Waals surface area contributed by atoms with E-state index in [1.54, 1.807) is 10.9 Å². The number of aryl methyl sites for hydroxylation is 1. The monoisotopic (exact) mass is 238 g/mol. The number of H-pyrrole nitrogens is 1. The fourth-order valence-electron chi connectivity index (χ4n) is 1.09. The molecule has 2 aromatic heterocycles. The van der Waals surface area contributed by atoms with Crippen molar-refractivity contribution in [3.8, 4) is 0 Å². The molecule has 0 aliphatic rings. The summed E-state index contributed by atoms with van der Waals surface area (Å²) in [6.45, 7) is 0. The van der Waals surface area contributed by atoms with Gasteiger partial charge >= 0.3 is 0 Å². The van der Waals surface area contributed by atoms with Crippen LogP contribution in [0.1, 0.15) is 5.82 Å². The highest BCUT2D eigenvalue weighted by Gasteiger charge is 2.04. The maximum absolute atomic E-state index is 11.1. The predicted octanol–water partition coefficient (Wildman–Crippen LogP) is -0.227. The van der Waals surface area contributed by atoms with E-state index in [1.165, 1.54) is 17.8 Å². The van der Waals surface area contributed by atoms with Crippen molar-refractivity contribution >= 4 is 17.6 Å². The summed E-state index contributed by atoms with van der Waals surface area (Å²) in [5.41, 5.74) is 5.20. The van der Waals surface area contributed by atoms with E-state index in [0.29, 0.717) is 10.9 Å². The summed E-state index contributed by atoms with van der Waals surface area (Å²) in [4.78, 5) is 17.7. The maximum atomic E-state index is 11.1. The Labute approximate surface area is 95.1 Å². The maximum Gasteiger partial charge on any atom is 0.253 e. The number of nitrogens with one attached hydrogen (secondary N) is 1. The van der Waals surface area contributed by atoms with Crippen molar-refractivity contribution in [3.63, 3.8) is 0 Å². The Morgan fingerprint density at radius 3 is 3.06 bits per heavy atom. The van der Waals surface area contributed by atoms with E-state index in [-0.39, 0.29) is 11.4 Å². The lowest BCUT2D eigenvalue weighted by molar-refractivity contribution is 0.846. The molecule has 0 aliphatic carbocycles. The fraction of sp³-hybridized carbons (Fsp3) is 0.250. The van der Waals surface area contributed by atoms with E-state index in [0.717, 1.165) is 5.82 Å². The van der Waals surface area contributed by atoms with E-state index in [9.17, 15) is 4.79 Å². The molecule has 0 saturated heterocycles. The molecule has 0 fully saturated rings. The predicted molar refractivity (Wildman–Crippen MR) is 59.8 cm³/mol. The van der Waals surface area contributed by atoms with E-state index in [2.05, 4.69) is 20.2 Å². The van der Waals surface area contributed by atoms with Crippen molar-refractivity contribution < 1.29 is 0 Å². The van der Waals surface area contributed by atoms with Crippen LogP contribution in [-0.4, -0.2) is 24.7 Å². The van der Waals surface area contributed by atoms with Gasteiger partial charge in [0.25, 0.3) is 5.56 Å². The van der Waals surface area contributed by atoms with Crippen molar-refractivity contribution in [1.82, 2.24) is 24.7 Å². The number of nitrogens with zero attached hydrogens (tertiary/aromatic N) is 4. The van der Waals surface area contributed by atoms with Gasteiger partial charge in [-0.05, 0) is 0 Å². The van der Waals surface area contributed by atoms with Crippen molar-refractivity contribution in [2.45, 2.75) is 10.9 Å². The number of thioether (sulfide) groups is 1. The molecular formula is C8H10N6OS. The van der Waals surface area contributed by atoms with Crippen LogP contribution in [0.5, 0.6) is 0 Å². The van der Waals surface area contributed by atoms with Crippen LogP contribution >= 0.6 is 11.8 Å². The Morgan fingerprint density at radius 2 is 2.44 bits per heavy atom. The van der Waals surface area contributed by atoms with Gasteiger partial charge in [0, 0.05) is 13.1 Å². The summed E-state index contributed by atoms with van der Waals surface area (Å²) in [7, 11) is 1.85. The van der Waals surface area contributed by atoms with Crippen molar-refractivity contribution in [2.24, 2.45) is 7.05 Å². The summed E-state index contributed by atoms with van der Waals surface area (Å²) < 4.78 is 1.80. The molecule has 0 atom stereocenters. The second kappa shape index (κ2) is 4.35. The first-order valence-electron chi connectivity index (χ1n) is 4.47. The van der Waals surface area contributed by atoms with Crippen LogP contribution in [0.15, 0.2) is 22.3 Å². The molecule has 0 aromatic carbocycles. The van der Waals surface area contributed by atoms with Crippen LogP contribution in [0.3, 0.4) is 0 Å². The molecule has 7 nitrogen and oxygen atoms in total. The average molecular weight is 238 g/mol. The lowest BCUT2D eigenvalue weighted by atomic mass is 10.6. The van der Waals surface area contributed by atoms with E-state index >= 15 is 0 Å². The highest BCUT2D eigenvalue weighted by Crippen LogP contribution is 2.16. The molecule has 0 unspecified atom stereocenters. The summed E-state index contributed by atoms with van der Waals surface area (Å²) in [6, 6.07) is 1.24. The SMILES string of the molecule is Cn1cnnc1CSc1nc(N)cc(=O)[nH]1. The van der Waals surface area contributed by atoms with Crippen LogP contribution in [0.2, 0.25) is 0 Å². The summed E-state index contributed by atoms with van der Waals surface area (Å²) in [5.74, 6) is 1.59. The van der Waals surface area contributed by atoms with Crippen LogP contribution in [-0.2, 0) is 12.8 Å². The average Bonchev–Trinajstić information content (AvgIpc) is 2.59. The minimum atomic E-state index is -0.257. The van der Waals surface area contributed by atoms with Crippen LogP contribution in [0, 0.1) is 0 Å². The minimum absolute atomic E-state index is 0.212. The zero-order chi connectivity index (χ0) is 11.5. The van der Waals surface area contributed by atoms with E-state index in [4.69, 9.17) is 5.73 Å². The van der Waals surface area contributed by atoms with Gasteiger partial charge in [-0.2, -0.15) is 0 Å². The number of hydrogen-bond acceptors (Lipinski definition) is 6. The van der Waals surface area contributed by atoms with Crippen molar-refractivity contribution in [3.05, 3.63) is 28.6 Å². The second-order valence-electron chi connectivity index (χ2n) is 3.12. The topological polar surface area (TPSA) is 102 Å². The second-order valence-corrected chi connectivity index (χ2v) is 4.09. The van der Waals surface area contributed by atoms with Gasteiger partial charge in [-0.25, -0.2) is 4.98 Å². The van der Waals surface area contributed by atoms with Crippen molar-refractivity contribution in [2.75, 3.05) is 5.73 Å². The Bertz CT molecular complexity index is 547. The molecule has 0 spiro atoms. The zero-order valence-electron chi connectivity index (χ0n) is 8.54. The quantitative estimate of drug-likeness (QED) is 0.565. The van der Waals surface area contributed by atoms with Gasteiger partial charge in [-0.15, -0.1) is 10.2 Å². The smallest absolute Gasteiger partial charge is 0.253 e. The number of rotatable bonds is 3. The third-order valence-electron chi connectivity index (χ3n) is 1.88. The summed E-state index contributed by atoms with van der Waals surface area (Å²) in [5, 5.41) is 8.15. The lowest BCUT2D eigenvalue weighted by Gasteiger charge is -2.00. The molecule has 2 aromatic rings. The van der Waals surface area contributed by atoms with E-state index < -0.39 is 0 Å². The van der Waals surface area contributed by atoms with Gasteiger partial charge in [0.15, 0.2) is 5.16 Å². The van der Waals surface area contributed by atoms with Crippen LogP contribution < -0.4 is 11.3 Å². The highest BCUT2D eigenvalue weighted by molar-refractivity contribution is 7.98. The highest BCUT2D eigenvalue weighted by atomic mass is 32.2. The molecule has 0 bridgehead atoms. The summed E-state index contributed by atoms with van der Waals surface area (Å²) in [6.07, 6.45) is 1.62. The van der Waals surface area contributed by atoms with Crippen LogP contribution in [0.25, 0.3) is 0 Å². The fourth-order valence-corrected chi connectivity index (χ4v) is 1.96.